The number of aryl methyl sites for hydroxylation is 2. The molecule has 2 aliphatic carbocycles. The highest BCUT2D eigenvalue weighted by Gasteiger charge is 2.38. The van der Waals surface area contributed by atoms with Crippen LogP contribution in [0.3, 0.4) is 0 Å². The van der Waals surface area contributed by atoms with Crippen LogP contribution in [0.1, 0.15) is 41.0 Å². The van der Waals surface area contributed by atoms with Crippen molar-refractivity contribution in [3.8, 4) is 0 Å². The summed E-state index contributed by atoms with van der Waals surface area (Å²) in [6.07, 6.45) is 5.92. The van der Waals surface area contributed by atoms with Crippen molar-refractivity contribution in [1.82, 2.24) is 5.32 Å². The Kier molecular flexibility index (Phi) is 2.80. The minimum atomic E-state index is 0.821. The summed E-state index contributed by atoms with van der Waals surface area (Å²) >= 11 is 1.96. The lowest BCUT2D eigenvalue weighted by atomic mass is 9.95. The van der Waals surface area contributed by atoms with Crippen LogP contribution < -0.4 is 5.32 Å². The van der Waals surface area contributed by atoms with Crippen molar-refractivity contribution in [2.75, 3.05) is 0 Å². The van der Waals surface area contributed by atoms with Gasteiger partial charge in [0, 0.05) is 22.3 Å². The first-order chi connectivity index (χ1) is 7.72. The van der Waals surface area contributed by atoms with Gasteiger partial charge in [0.05, 0.1) is 0 Å². The number of fused-ring (bicyclic) bond motifs is 2. The van der Waals surface area contributed by atoms with Crippen LogP contribution in [0.25, 0.3) is 0 Å². The molecule has 88 valence electrons. The van der Waals surface area contributed by atoms with Crippen molar-refractivity contribution < 1.29 is 0 Å². The molecule has 1 aromatic rings. The van der Waals surface area contributed by atoms with E-state index in [4.69, 9.17) is 0 Å². The second kappa shape index (κ2) is 4.15. The molecule has 1 N–H and O–H groups in total. The third-order valence-electron chi connectivity index (χ3n) is 4.49. The lowest BCUT2D eigenvalue weighted by Gasteiger charge is -2.22. The van der Waals surface area contributed by atoms with Gasteiger partial charge >= 0.3 is 0 Å². The van der Waals surface area contributed by atoms with Crippen molar-refractivity contribution in [2.24, 2.45) is 11.8 Å². The highest BCUT2D eigenvalue weighted by molar-refractivity contribution is 7.12. The van der Waals surface area contributed by atoms with E-state index >= 15 is 0 Å². The van der Waals surface area contributed by atoms with Crippen LogP contribution in [0.4, 0.5) is 0 Å². The van der Waals surface area contributed by atoms with Crippen LogP contribution in [-0.4, -0.2) is 6.04 Å². The molecular formula is C14H21NS. The molecule has 3 rings (SSSR count). The van der Waals surface area contributed by atoms with E-state index in [1.807, 2.05) is 11.3 Å². The molecule has 0 spiro atoms. The van der Waals surface area contributed by atoms with Gasteiger partial charge in [0.1, 0.15) is 0 Å². The van der Waals surface area contributed by atoms with Crippen molar-refractivity contribution in [2.45, 2.75) is 52.1 Å². The van der Waals surface area contributed by atoms with Gasteiger partial charge in [-0.15, -0.1) is 11.3 Å². The molecule has 2 bridgehead atoms. The van der Waals surface area contributed by atoms with E-state index in [-0.39, 0.29) is 0 Å². The maximum atomic E-state index is 3.78. The Hall–Kier alpha value is -0.340. The average molecular weight is 235 g/mol. The zero-order valence-corrected chi connectivity index (χ0v) is 11.1. The second-order valence-electron chi connectivity index (χ2n) is 5.61. The predicted octanol–water partition coefficient (Wildman–Crippen LogP) is 3.64. The summed E-state index contributed by atoms with van der Waals surface area (Å²) < 4.78 is 0. The van der Waals surface area contributed by atoms with Crippen molar-refractivity contribution in [3.63, 3.8) is 0 Å². The van der Waals surface area contributed by atoms with Crippen molar-refractivity contribution in [1.29, 1.82) is 0 Å². The molecule has 3 unspecified atom stereocenters. The van der Waals surface area contributed by atoms with Gasteiger partial charge < -0.3 is 5.32 Å². The maximum Gasteiger partial charge on any atom is 0.0302 e. The normalized spacial score (nSPS) is 32.5. The smallest absolute Gasteiger partial charge is 0.0302 e. The summed E-state index contributed by atoms with van der Waals surface area (Å²) in [6.45, 7) is 5.53. The fraction of sp³-hybridized carbons (Fsp3) is 0.714. The molecule has 3 atom stereocenters. The SMILES string of the molecule is Cc1cc(CNC2CC3CCC2C3)sc1C. The molecule has 1 nitrogen and oxygen atoms in total. The molecule has 2 aliphatic rings. The first-order valence-electron chi connectivity index (χ1n) is 6.51. The van der Waals surface area contributed by atoms with Gasteiger partial charge in [-0.3, -0.25) is 0 Å². The van der Waals surface area contributed by atoms with E-state index in [0.29, 0.717) is 0 Å². The average Bonchev–Trinajstić information content (AvgIpc) is 2.92. The monoisotopic (exact) mass is 235 g/mol. The second-order valence-corrected chi connectivity index (χ2v) is 6.96. The fourth-order valence-corrected chi connectivity index (χ4v) is 4.47. The van der Waals surface area contributed by atoms with Crippen LogP contribution in [0.2, 0.25) is 0 Å². The number of rotatable bonds is 3. The highest BCUT2D eigenvalue weighted by atomic mass is 32.1. The number of nitrogens with one attached hydrogen (secondary N) is 1. The van der Waals surface area contributed by atoms with Gasteiger partial charge in [-0.25, -0.2) is 0 Å². The highest BCUT2D eigenvalue weighted by Crippen LogP contribution is 2.44. The van der Waals surface area contributed by atoms with Crippen molar-refractivity contribution in [3.05, 3.63) is 21.4 Å². The van der Waals surface area contributed by atoms with Gasteiger partial charge in [0.15, 0.2) is 0 Å². The predicted molar refractivity (Wildman–Crippen MR) is 69.9 cm³/mol. The van der Waals surface area contributed by atoms with E-state index in [1.165, 1.54) is 41.0 Å². The summed E-state index contributed by atoms with van der Waals surface area (Å²) in [5.74, 6) is 2.04. The van der Waals surface area contributed by atoms with Crippen LogP contribution in [0.5, 0.6) is 0 Å². The van der Waals surface area contributed by atoms with Crippen molar-refractivity contribution >= 4 is 11.3 Å². The Bertz CT molecular complexity index is 363. The van der Waals surface area contributed by atoms with Gasteiger partial charge in [-0.05, 0) is 56.6 Å². The largest absolute Gasteiger partial charge is 0.309 e. The Morgan fingerprint density at radius 3 is 2.75 bits per heavy atom. The molecule has 0 saturated heterocycles. The quantitative estimate of drug-likeness (QED) is 0.843. The summed E-state index contributed by atoms with van der Waals surface area (Å²) in [5.41, 5.74) is 1.45. The van der Waals surface area contributed by atoms with Crippen LogP contribution in [0, 0.1) is 25.7 Å². The van der Waals surface area contributed by atoms with Gasteiger partial charge in [-0.2, -0.15) is 0 Å². The molecule has 2 saturated carbocycles. The lowest BCUT2D eigenvalue weighted by Crippen LogP contribution is -2.33. The molecule has 0 amide bonds. The molecule has 0 radical (unpaired) electrons. The number of hydrogen-bond acceptors (Lipinski definition) is 2. The Morgan fingerprint density at radius 1 is 1.31 bits per heavy atom. The molecule has 1 aromatic heterocycles. The van der Waals surface area contributed by atoms with E-state index in [9.17, 15) is 0 Å². The lowest BCUT2D eigenvalue weighted by molar-refractivity contribution is 0.351. The zero-order chi connectivity index (χ0) is 11.1. The molecular weight excluding hydrogens is 214 g/mol. The Morgan fingerprint density at radius 2 is 2.19 bits per heavy atom. The van der Waals surface area contributed by atoms with Crippen LogP contribution >= 0.6 is 11.3 Å². The molecule has 0 aliphatic heterocycles. The van der Waals surface area contributed by atoms with E-state index < -0.39 is 0 Å². The van der Waals surface area contributed by atoms with Gasteiger partial charge in [-0.1, -0.05) is 6.42 Å². The first kappa shape index (κ1) is 10.8. The van der Waals surface area contributed by atoms with E-state index in [1.54, 1.807) is 0 Å². The molecule has 1 heterocycles. The molecule has 16 heavy (non-hydrogen) atoms. The molecule has 0 aromatic carbocycles. The summed E-state index contributed by atoms with van der Waals surface area (Å²) in [5, 5.41) is 3.78. The van der Waals surface area contributed by atoms with Gasteiger partial charge in [0.25, 0.3) is 0 Å². The minimum absolute atomic E-state index is 0.821. The maximum absolute atomic E-state index is 3.78. The zero-order valence-electron chi connectivity index (χ0n) is 10.3. The minimum Gasteiger partial charge on any atom is -0.309 e. The summed E-state index contributed by atoms with van der Waals surface area (Å²) in [7, 11) is 0. The third kappa shape index (κ3) is 1.93. The standard InChI is InChI=1S/C14H21NS/c1-9-5-13(16-10(9)2)8-15-14-7-11-3-4-12(14)6-11/h5,11-12,14-15H,3-4,6-8H2,1-2H3. The number of thiophene rings is 1. The van der Waals surface area contributed by atoms with Crippen LogP contribution in [0.15, 0.2) is 6.07 Å². The summed E-state index contributed by atoms with van der Waals surface area (Å²) in [4.78, 5) is 2.99. The fourth-order valence-electron chi connectivity index (χ4n) is 3.46. The Balaban J connectivity index is 1.57. The number of hydrogen-bond donors (Lipinski definition) is 1. The Labute approximate surface area is 102 Å². The summed E-state index contributed by atoms with van der Waals surface area (Å²) in [6, 6.07) is 3.17. The molecule has 2 heteroatoms. The first-order valence-corrected chi connectivity index (χ1v) is 7.33. The third-order valence-corrected chi connectivity index (χ3v) is 5.65. The topological polar surface area (TPSA) is 12.0 Å². The van der Waals surface area contributed by atoms with Gasteiger partial charge in [0.2, 0.25) is 0 Å². The molecule has 2 fully saturated rings. The van der Waals surface area contributed by atoms with E-state index in [2.05, 4.69) is 25.2 Å². The van der Waals surface area contributed by atoms with Crippen LogP contribution in [-0.2, 0) is 6.54 Å². The van der Waals surface area contributed by atoms with E-state index in [0.717, 1.165) is 24.4 Å².